The van der Waals surface area contributed by atoms with Crippen LogP contribution in [0.5, 0.6) is 0 Å². The summed E-state index contributed by atoms with van der Waals surface area (Å²) in [6, 6.07) is 0. The maximum absolute atomic E-state index is 11.8. The second-order valence-electron chi connectivity index (χ2n) is 25.7. The van der Waals surface area contributed by atoms with Gasteiger partial charge in [0.25, 0.3) is 0 Å². The molecule has 22 atom stereocenters. The quantitative estimate of drug-likeness (QED) is 0.166. The summed E-state index contributed by atoms with van der Waals surface area (Å²) in [4.78, 5) is 23.5. The van der Waals surface area contributed by atoms with Gasteiger partial charge < -0.3 is 29.2 Å². The summed E-state index contributed by atoms with van der Waals surface area (Å²) in [5, 5.41) is 23.2. The number of aliphatic hydroxyl groups is 2. The van der Waals surface area contributed by atoms with E-state index < -0.39 is 0 Å². The molecule has 8 rings (SSSR count). The van der Waals surface area contributed by atoms with Crippen LogP contribution in [-0.4, -0.2) is 74.0 Å². The molecule has 8 aliphatic rings. The molecule has 0 aromatic rings. The van der Waals surface area contributed by atoms with Gasteiger partial charge in [-0.05, 0) is 220 Å². The fourth-order valence-electron chi connectivity index (χ4n) is 19.2. The average Bonchev–Trinajstić information content (AvgIpc) is 3.88. The topological polar surface area (TPSA) is 112 Å². The Morgan fingerprint density at radius 2 is 1.04 bits per heavy atom. The minimum atomic E-state index is -0.339. The van der Waals surface area contributed by atoms with Crippen LogP contribution in [0.4, 0.5) is 0 Å². The molecule has 0 aliphatic heterocycles. The molecule has 0 bridgehead atoms. The van der Waals surface area contributed by atoms with Crippen molar-refractivity contribution in [2.45, 2.75) is 236 Å². The van der Waals surface area contributed by atoms with Crippen LogP contribution in [0, 0.1) is 105 Å². The summed E-state index contributed by atoms with van der Waals surface area (Å²) >= 11 is 0. The molecule has 0 amide bonds. The van der Waals surface area contributed by atoms with Gasteiger partial charge in [-0.25, -0.2) is 0 Å². The van der Waals surface area contributed by atoms with E-state index in [4.69, 9.17) is 18.9 Å². The van der Waals surface area contributed by atoms with Gasteiger partial charge in [0, 0.05) is 58.8 Å². The zero-order valence-electron chi connectivity index (χ0n) is 46.9. The summed E-state index contributed by atoms with van der Waals surface area (Å²) in [5.74, 6) is 8.50. The number of rotatable bonds is 14. The van der Waals surface area contributed by atoms with E-state index in [1.165, 1.54) is 59.2 Å². The van der Waals surface area contributed by atoms with Crippen molar-refractivity contribution in [3.05, 3.63) is 0 Å². The Labute approximate surface area is 448 Å². The number of fused-ring (bicyclic) bond motifs is 10. The van der Waals surface area contributed by atoms with E-state index in [0.717, 1.165) is 125 Å². The van der Waals surface area contributed by atoms with Gasteiger partial charge in [-0.3, -0.25) is 9.59 Å². The monoisotopic (exact) mass is 1040 g/mol. The summed E-state index contributed by atoms with van der Waals surface area (Å²) in [6.45, 7) is 30.1. The Balaban J connectivity index is 0.000000245. The number of carbonyl (C=O) groups is 2. The van der Waals surface area contributed by atoms with E-state index in [2.05, 4.69) is 69.2 Å². The SMILES string of the molecule is CC.CCCOC1CC[C@@]2(C)C(C1)C[C@@H](C)C1C2C[C@H](C)[C@@]2(C)C1CC[C@@H]2C(C)CCC(=O)OC.CCCOC1CC[C@@]2(C)C(C1)C[C@@H](O)C1C2C[C@H](O)[C@@]2(C)C1CC[C@@H]2C(C)CCC(=O)OC.[Y]. The van der Waals surface area contributed by atoms with Crippen LogP contribution in [0.15, 0.2) is 0 Å². The standard InChI is InChI=1S/C30H52O3.C28H48O5.C2H6.Y/c1-8-15-33-23-13-14-29(5)22(18-23)16-20(3)28-25-11-10-24(19(2)9-12-27(31)32-7)30(25,6)21(4)17-26(28)29;1-6-13-33-19-11-12-27(3)18(14-19)15-23(29)26-21-9-8-20(17(2)7-10-25(31)32-5)28(21,4)24(30)16-22(26)27;1-2;/h19-26,28H,8-18H2,1-7H3;17-24,26,29-30H,6-16H2,1-5H3;1-2H3;/t19?,20-,21+,22?,23?,24-,25?,26?,28?,29+,30-;17?,18?,19?,20-,21?,22?,23-,24+,26?,27+,28-;;/m11../s1. The maximum Gasteiger partial charge on any atom is 0.305 e. The molecule has 12 unspecified atom stereocenters. The minimum absolute atomic E-state index is 0. The summed E-state index contributed by atoms with van der Waals surface area (Å²) in [5.41, 5.74) is 0.943. The third-order valence-electron chi connectivity index (χ3n) is 23.0. The summed E-state index contributed by atoms with van der Waals surface area (Å²) < 4.78 is 22.2. The van der Waals surface area contributed by atoms with Crippen molar-refractivity contribution in [2.24, 2.45) is 105 Å². The molecule has 69 heavy (non-hydrogen) atoms. The first-order chi connectivity index (χ1) is 32.3. The van der Waals surface area contributed by atoms with Gasteiger partial charge in [0.15, 0.2) is 0 Å². The number of carbonyl (C=O) groups excluding carboxylic acids is 2. The zero-order valence-corrected chi connectivity index (χ0v) is 49.7. The van der Waals surface area contributed by atoms with Gasteiger partial charge in [-0.1, -0.05) is 83.1 Å². The van der Waals surface area contributed by atoms with Crippen LogP contribution in [0.1, 0.15) is 212 Å². The normalized spacial score (nSPS) is 45.9. The van der Waals surface area contributed by atoms with Crippen molar-refractivity contribution in [2.75, 3.05) is 27.4 Å². The van der Waals surface area contributed by atoms with Gasteiger partial charge in [0.2, 0.25) is 0 Å². The van der Waals surface area contributed by atoms with Gasteiger partial charge >= 0.3 is 11.9 Å². The van der Waals surface area contributed by atoms with E-state index in [1.54, 1.807) is 0 Å². The number of esters is 2. The smallest absolute Gasteiger partial charge is 0.305 e. The van der Waals surface area contributed by atoms with Gasteiger partial charge in [0.1, 0.15) is 0 Å². The molecule has 0 saturated heterocycles. The molecule has 9 heteroatoms. The molecule has 0 aromatic carbocycles. The van der Waals surface area contributed by atoms with Crippen LogP contribution in [0.3, 0.4) is 0 Å². The molecule has 1 radical (unpaired) electrons. The van der Waals surface area contributed by atoms with Crippen LogP contribution in [0.2, 0.25) is 0 Å². The van der Waals surface area contributed by atoms with Crippen molar-refractivity contribution in [1.82, 2.24) is 0 Å². The van der Waals surface area contributed by atoms with Gasteiger partial charge in [-0.15, -0.1) is 0 Å². The van der Waals surface area contributed by atoms with Gasteiger partial charge in [0.05, 0.1) is 38.6 Å². The molecule has 397 valence electrons. The Morgan fingerprint density at radius 1 is 0.594 bits per heavy atom. The third-order valence-corrected chi connectivity index (χ3v) is 23.0. The van der Waals surface area contributed by atoms with E-state index in [1.807, 2.05) is 13.8 Å². The fourth-order valence-corrected chi connectivity index (χ4v) is 19.2. The van der Waals surface area contributed by atoms with E-state index >= 15 is 0 Å². The van der Waals surface area contributed by atoms with Crippen molar-refractivity contribution >= 4 is 11.9 Å². The molecule has 0 spiro atoms. The Kier molecular flexibility index (Phi) is 21.8. The van der Waals surface area contributed by atoms with Crippen LogP contribution < -0.4 is 0 Å². The van der Waals surface area contributed by atoms with Crippen molar-refractivity contribution in [1.29, 1.82) is 0 Å². The number of aliphatic hydroxyl groups excluding tert-OH is 2. The molecule has 0 aromatic heterocycles. The van der Waals surface area contributed by atoms with Crippen LogP contribution in [0.25, 0.3) is 0 Å². The largest absolute Gasteiger partial charge is 0.469 e. The molecule has 2 N–H and O–H groups in total. The average molecular weight is 1040 g/mol. The van der Waals surface area contributed by atoms with E-state index in [9.17, 15) is 19.8 Å². The van der Waals surface area contributed by atoms with Gasteiger partial charge in [-0.2, -0.15) is 0 Å². The third kappa shape index (κ3) is 11.5. The fraction of sp³-hybridized carbons (Fsp3) is 0.967. The Bertz CT molecular complexity index is 1510. The second-order valence-corrected chi connectivity index (χ2v) is 25.7. The first-order valence-corrected chi connectivity index (χ1v) is 29.1. The summed E-state index contributed by atoms with van der Waals surface area (Å²) in [6.07, 6.45) is 21.9. The molecular weight excluding hydrogens is 938 g/mol. The molecule has 8 saturated carbocycles. The Hall–Kier alpha value is -0.116. The number of hydrogen-bond acceptors (Lipinski definition) is 8. The molecule has 8 aliphatic carbocycles. The first-order valence-electron chi connectivity index (χ1n) is 29.1. The van der Waals surface area contributed by atoms with Crippen molar-refractivity contribution in [3.8, 4) is 0 Å². The predicted molar refractivity (Wildman–Crippen MR) is 275 cm³/mol. The van der Waals surface area contributed by atoms with Crippen LogP contribution >= 0.6 is 0 Å². The number of hydrogen-bond donors (Lipinski definition) is 2. The predicted octanol–water partition coefficient (Wildman–Crippen LogP) is 13.5. The molecule has 8 fully saturated rings. The molecule has 0 heterocycles. The Morgan fingerprint density at radius 3 is 1.52 bits per heavy atom. The number of ether oxygens (including phenoxy) is 4. The van der Waals surface area contributed by atoms with E-state index in [-0.39, 0.29) is 73.6 Å². The van der Waals surface area contributed by atoms with E-state index in [0.29, 0.717) is 71.4 Å². The maximum atomic E-state index is 11.8. The van der Waals surface area contributed by atoms with Crippen molar-refractivity contribution in [3.63, 3.8) is 0 Å². The first kappa shape index (κ1) is 59.8. The molecule has 8 nitrogen and oxygen atoms in total. The number of methoxy groups -OCH3 is 2. The van der Waals surface area contributed by atoms with Crippen molar-refractivity contribution < 1.29 is 71.5 Å². The minimum Gasteiger partial charge on any atom is -0.469 e. The van der Waals surface area contributed by atoms with Crippen LogP contribution in [-0.2, 0) is 61.2 Å². The molecular formula is C60H106O8Y. The second kappa shape index (κ2) is 25.2. The summed E-state index contributed by atoms with van der Waals surface area (Å²) in [7, 11) is 2.97. The zero-order chi connectivity index (χ0) is 49.9.